The number of nitrogens with zero attached hydrogens (tertiary/aromatic N) is 4. The molecular weight excluding hydrogens is 430 g/mol. The summed E-state index contributed by atoms with van der Waals surface area (Å²) in [5, 5.41) is 12.3. The van der Waals surface area contributed by atoms with E-state index in [0.29, 0.717) is 34.7 Å². The van der Waals surface area contributed by atoms with Crippen molar-refractivity contribution in [3.05, 3.63) is 42.0 Å². The SMILES string of the molecule is COc1cc2c(-c3cc(F)cc(F)c3)nnnc2cc1OCCCN1CCOCC1.Cl. The van der Waals surface area contributed by atoms with Crippen LogP contribution in [0.15, 0.2) is 30.3 Å². The fourth-order valence-corrected chi connectivity index (χ4v) is 3.46. The van der Waals surface area contributed by atoms with Crippen molar-refractivity contribution < 1.29 is 23.0 Å². The zero-order chi connectivity index (χ0) is 20.9. The van der Waals surface area contributed by atoms with E-state index >= 15 is 0 Å². The van der Waals surface area contributed by atoms with E-state index in [4.69, 9.17) is 14.2 Å². The minimum absolute atomic E-state index is 0. The second-order valence-electron chi connectivity index (χ2n) is 6.97. The molecule has 0 saturated carbocycles. The number of ether oxygens (including phenoxy) is 3. The number of halogens is 3. The number of hydrogen-bond acceptors (Lipinski definition) is 7. The standard InChI is InChI=1S/C21H22F2N4O3.ClH/c1-28-19-12-17-18(13-20(19)30-6-2-3-27-4-7-29-8-5-27)24-26-25-21(17)14-9-15(22)11-16(23)10-14;/h9-13H,2-8H2,1H3;1H. The highest BCUT2D eigenvalue weighted by Gasteiger charge is 2.15. The highest BCUT2D eigenvalue weighted by molar-refractivity contribution is 5.93. The van der Waals surface area contributed by atoms with E-state index in [0.717, 1.165) is 45.3 Å². The highest BCUT2D eigenvalue weighted by atomic mass is 35.5. The van der Waals surface area contributed by atoms with Crippen LogP contribution in [0.4, 0.5) is 8.78 Å². The molecule has 0 N–H and O–H groups in total. The van der Waals surface area contributed by atoms with Crippen molar-refractivity contribution in [2.45, 2.75) is 6.42 Å². The summed E-state index contributed by atoms with van der Waals surface area (Å²) >= 11 is 0. The van der Waals surface area contributed by atoms with Gasteiger partial charge >= 0.3 is 0 Å². The van der Waals surface area contributed by atoms with Gasteiger partial charge in [-0.05, 0) is 29.8 Å². The van der Waals surface area contributed by atoms with Crippen molar-refractivity contribution in [1.29, 1.82) is 0 Å². The van der Waals surface area contributed by atoms with Gasteiger partial charge in [-0.1, -0.05) is 0 Å². The molecule has 0 amide bonds. The fourth-order valence-electron chi connectivity index (χ4n) is 3.46. The molecule has 4 rings (SSSR count). The third kappa shape index (κ3) is 5.55. The van der Waals surface area contributed by atoms with Gasteiger partial charge in [0.1, 0.15) is 22.8 Å². The Bertz CT molecular complexity index is 1010. The number of fused-ring (bicyclic) bond motifs is 1. The Balaban J connectivity index is 0.00000272. The summed E-state index contributed by atoms with van der Waals surface area (Å²) in [5.74, 6) is -0.362. The molecule has 0 radical (unpaired) electrons. The van der Waals surface area contributed by atoms with E-state index in [1.165, 1.54) is 19.2 Å². The van der Waals surface area contributed by atoms with Crippen LogP contribution in [0.1, 0.15) is 6.42 Å². The van der Waals surface area contributed by atoms with Crippen molar-refractivity contribution >= 4 is 23.3 Å². The van der Waals surface area contributed by atoms with E-state index < -0.39 is 11.6 Å². The monoisotopic (exact) mass is 452 g/mol. The molecule has 7 nitrogen and oxygen atoms in total. The summed E-state index contributed by atoms with van der Waals surface area (Å²) in [5.41, 5.74) is 1.08. The Morgan fingerprint density at radius 2 is 1.74 bits per heavy atom. The minimum atomic E-state index is -0.691. The van der Waals surface area contributed by atoms with Gasteiger partial charge in [0.05, 0.1) is 26.9 Å². The zero-order valence-electron chi connectivity index (χ0n) is 17.0. The van der Waals surface area contributed by atoms with E-state index in [1.807, 2.05) is 0 Å². The molecule has 1 aliphatic rings. The van der Waals surface area contributed by atoms with E-state index in [9.17, 15) is 8.78 Å². The summed E-state index contributed by atoms with van der Waals surface area (Å²) in [6.07, 6.45) is 0.858. The van der Waals surface area contributed by atoms with Crippen LogP contribution in [0.25, 0.3) is 22.2 Å². The topological polar surface area (TPSA) is 69.6 Å². The van der Waals surface area contributed by atoms with Crippen LogP contribution in [0.5, 0.6) is 11.5 Å². The maximum atomic E-state index is 13.7. The molecule has 1 fully saturated rings. The molecule has 166 valence electrons. The van der Waals surface area contributed by atoms with E-state index in [1.54, 1.807) is 12.1 Å². The first kappa shape index (κ1) is 23.1. The van der Waals surface area contributed by atoms with Crippen molar-refractivity contribution in [2.24, 2.45) is 0 Å². The van der Waals surface area contributed by atoms with E-state index in [2.05, 4.69) is 20.3 Å². The van der Waals surface area contributed by atoms with E-state index in [-0.39, 0.29) is 18.0 Å². The molecular formula is C21H23ClF2N4O3. The van der Waals surface area contributed by atoms with Gasteiger partial charge in [0.15, 0.2) is 11.5 Å². The van der Waals surface area contributed by atoms with Crippen molar-refractivity contribution in [3.8, 4) is 22.8 Å². The van der Waals surface area contributed by atoms with Crippen LogP contribution in [0.3, 0.4) is 0 Å². The van der Waals surface area contributed by atoms with Gasteiger partial charge in [-0.25, -0.2) is 8.78 Å². The maximum absolute atomic E-state index is 13.7. The van der Waals surface area contributed by atoms with Crippen LogP contribution in [0.2, 0.25) is 0 Å². The van der Waals surface area contributed by atoms with Gasteiger partial charge in [0.2, 0.25) is 0 Å². The lowest BCUT2D eigenvalue weighted by molar-refractivity contribution is 0.0357. The smallest absolute Gasteiger partial charge is 0.163 e. The number of benzene rings is 2. The predicted octanol–water partition coefficient (Wildman–Crippen LogP) is 3.50. The molecule has 1 saturated heterocycles. The molecule has 1 aliphatic heterocycles. The zero-order valence-corrected chi connectivity index (χ0v) is 17.8. The second kappa shape index (κ2) is 10.6. The molecule has 10 heteroatoms. The molecule has 2 aromatic carbocycles. The lowest BCUT2D eigenvalue weighted by Gasteiger charge is -2.26. The van der Waals surface area contributed by atoms with Crippen molar-refractivity contribution in [1.82, 2.24) is 20.3 Å². The minimum Gasteiger partial charge on any atom is -0.493 e. The third-order valence-corrected chi connectivity index (χ3v) is 4.95. The van der Waals surface area contributed by atoms with Crippen LogP contribution in [-0.4, -0.2) is 66.9 Å². The number of rotatable bonds is 7. The van der Waals surface area contributed by atoms with Crippen LogP contribution in [0, 0.1) is 11.6 Å². The van der Waals surface area contributed by atoms with Gasteiger partial charge < -0.3 is 14.2 Å². The summed E-state index contributed by atoms with van der Waals surface area (Å²) in [4.78, 5) is 2.34. The highest BCUT2D eigenvalue weighted by Crippen LogP contribution is 2.35. The fraction of sp³-hybridized carbons (Fsp3) is 0.381. The molecule has 0 unspecified atom stereocenters. The van der Waals surface area contributed by atoms with Gasteiger partial charge in [-0.3, -0.25) is 4.90 Å². The van der Waals surface area contributed by atoms with Crippen molar-refractivity contribution in [2.75, 3.05) is 46.6 Å². The first-order valence-electron chi connectivity index (χ1n) is 9.74. The third-order valence-electron chi connectivity index (χ3n) is 4.95. The second-order valence-corrected chi connectivity index (χ2v) is 6.97. The number of morpholine rings is 1. The lowest BCUT2D eigenvalue weighted by atomic mass is 10.1. The normalized spacial score (nSPS) is 14.3. The number of aromatic nitrogens is 3. The summed E-state index contributed by atoms with van der Waals surface area (Å²) < 4.78 is 44.1. The number of hydrogen-bond donors (Lipinski definition) is 0. The van der Waals surface area contributed by atoms with Gasteiger partial charge in [0, 0.05) is 42.7 Å². The maximum Gasteiger partial charge on any atom is 0.163 e. The first-order chi connectivity index (χ1) is 14.6. The Morgan fingerprint density at radius 1 is 1.00 bits per heavy atom. The average molecular weight is 453 g/mol. The van der Waals surface area contributed by atoms with Gasteiger partial charge in [0.25, 0.3) is 0 Å². The molecule has 1 aromatic heterocycles. The Labute approximate surface area is 184 Å². The predicted molar refractivity (Wildman–Crippen MR) is 114 cm³/mol. The molecule has 0 atom stereocenters. The lowest BCUT2D eigenvalue weighted by Crippen LogP contribution is -2.37. The van der Waals surface area contributed by atoms with Crippen LogP contribution < -0.4 is 9.47 Å². The summed E-state index contributed by atoms with van der Waals surface area (Å²) in [6.45, 7) is 4.85. The largest absolute Gasteiger partial charge is 0.493 e. The van der Waals surface area contributed by atoms with Gasteiger partial charge in [-0.2, -0.15) is 0 Å². The molecule has 0 aliphatic carbocycles. The Kier molecular flexibility index (Phi) is 7.89. The Morgan fingerprint density at radius 3 is 2.45 bits per heavy atom. The van der Waals surface area contributed by atoms with Crippen LogP contribution >= 0.6 is 12.4 Å². The molecule has 0 bridgehead atoms. The molecule has 2 heterocycles. The first-order valence-corrected chi connectivity index (χ1v) is 9.74. The average Bonchev–Trinajstić information content (AvgIpc) is 2.75. The number of methoxy groups -OCH3 is 1. The molecule has 31 heavy (non-hydrogen) atoms. The quantitative estimate of drug-likeness (QED) is 0.508. The molecule has 0 spiro atoms. The summed E-state index contributed by atoms with van der Waals surface area (Å²) in [7, 11) is 1.53. The van der Waals surface area contributed by atoms with Gasteiger partial charge in [-0.15, -0.1) is 22.6 Å². The van der Waals surface area contributed by atoms with Crippen LogP contribution in [-0.2, 0) is 4.74 Å². The summed E-state index contributed by atoms with van der Waals surface area (Å²) in [6, 6.07) is 6.62. The molecule has 3 aromatic rings. The van der Waals surface area contributed by atoms with Crippen molar-refractivity contribution in [3.63, 3.8) is 0 Å². The Hall–Kier alpha value is -2.62.